The molecule has 0 aromatic heterocycles. The van der Waals surface area contributed by atoms with Crippen LogP contribution < -0.4 is 5.32 Å². The molecule has 1 saturated heterocycles. The number of benzene rings is 1. The Morgan fingerprint density at radius 3 is 2.41 bits per heavy atom. The van der Waals surface area contributed by atoms with Gasteiger partial charge in [0.25, 0.3) is 5.92 Å². The highest BCUT2D eigenvalue weighted by Crippen LogP contribution is 2.39. The molecule has 2 N–H and O–H groups in total. The summed E-state index contributed by atoms with van der Waals surface area (Å²) in [5.41, 5.74) is -0.573. The van der Waals surface area contributed by atoms with E-state index >= 15 is 0 Å². The fourth-order valence-electron chi connectivity index (χ4n) is 2.62. The second-order valence-electron chi connectivity index (χ2n) is 5.20. The van der Waals surface area contributed by atoms with Gasteiger partial charge in [0.15, 0.2) is 0 Å². The van der Waals surface area contributed by atoms with Crippen LogP contribution in [0.25, 0.3) is 0 Å². The molecule has 0 spiro atoms. The summed E-state index contributed by atoms with van der Waals surface area (Å²) in [5.74, 6) is -5.63. The Hall–Kier alpha value is -0.890. The average molecular weight is 343 g/mol. The third-order valence-corrected chi connectivity index (χ3v) is 3.72. The van der Waals surface area contributed by atoms with E-state index in [4.69, 9.17) is 5.11 Å². The molecule has 1 aliphatic rings. The summed E-state index contributed by atoms with van der Waals surface area (Å²) in [4.78, 5) is 1.31. The Balaban J connectivity index is 0.00000242. The number of hydrogen-bond acceptors (Lipinski definition) is 3. The molecule has 0 unspecified atom stereocenters. The van der Waals surface area contributed by atoms with Gasteiger partial charge in [0.2, 0.25) is 0 Å². The number of halogens is 5. The van der Waals surface area contributed by atoms with Crippen molar-refractivity contribution in [3.05, 3.63) is 34.9 Å². The van der Waals surface area contributed by atoms with E-state index < -0.39 is 35.8 Å². The summed E-state index contributed by atoms with van der Waals surface area (Å²) in [7, 11) is 0. The molecule has 0 radical (unpaired) electrons. The van der Waals surface area contributed by atoms with Gasteiger partial charge in [-0.15, -0.1) is 12.4 Å². The third kappa shape index (κ3) is 3.71. The number of rotatable bonds is 4. The van der Waals surface area contributed by atoms with Crippen molar-refractivity contribution < 1.29 is 22.7 Å². The van der Waals surface area contributed by atoms with Crippen LogP contribution in [-0.2, 0) is 0 Å². The Morgan fingerprint density at radius 2 is 1.86 bits per heavy atom. The van der Waals surface area contributed by atoms with Crippen molar-refractivity contribution in [3.8, 4) is 0 Å². The minimum Gasteiger partial charge on any atom is -0.390 e. The Kier molecular flexibility index (Phi) is 6.61. The number of aryl methyl sites for hydroxylation is 1. The van der Waals surface area contributed by atoms with Crippen LogP contribution in [0.5, 0.6) is 0 Å². The molecule has 2 rings (SSSR count). The minimum atomic E-state index is -3.63. The van der Waals surface area contributed by atoms with Crippen molar-refractivity contribution in [2.45, 2.75) is 18.9 Å². The van der Waals surface area contributed by atoms with Crippen LogP contribution in [-0.4, -0.2) is 48.7 Å². The van der Waals surface area contributed by atoms with Crippen molar-refractivity contribution in [2.24, 2.45) is 0 Å². The second-order valence-corrected chi connectivity index (χ2v) is 5.20. The molecule has 0 saturated carbocycles. The first-order chi connectivity index (χ1) is 9.88. The van der Waals surface area contributed by atoms with E-state index in [9.17, 15) is 17.6 Å². The lowest BCUT2D eigenvalue weighted by molar-refractivity contribution is -0.120. The van der Waals surface area contributed by atoms with Crippen LogP contribution in [0, 0.1) is 18.6 Å². The first-order valence-corrected chi connectivity index (χ1v) is 6.76. The average Bonchev–Trinajstić information content (AvgIpc) is 2.48. The Morgan fingerprint density at radius 1 is 1.27 bits per heavy atom. The molecule has 1 aliphatic heterocycles. The Bertz CT molecular complexity index is 510. The number of aliphatic hydroxyl groups is 1. The molecular weight excluding hydrogens is 324 g/mol. The third-order valence-electron chi connectivity index (χ3n) is 3.72. The summed E-state index contributed by atoms with van der Waals surface area (Å²) in [6.45, 7) is 1.29. The zero-order valence-corrected chi connectivity index (χ0v) is 12.9. The maximum atomic E-state index is 14.2. The van der Waals surface area contributed by atoms with Gasteiger partial charge in [-0.2, -0.15) is 0 Å². The van der Waals surface area contributed by atoms with Crippen molar-refractivity contribution in [2.75, 3.05) is 32.8 Å². The predicted octanol–water partition coefficient (Wildman–Crippen LogP) is 2.27. The van der Waals surface area contributed by atoms with Gasteiger partial charge in [-0.25, -0.2) is 17.6 Å². The fraction of sp³-hybridized carbons (Fsp3) is 0.571. The lowest BCUT2D eigenvalue weighted by Crippen LogP contribution is -2.51. The van der Waals surface area contributed by atoms with Gasteiger partial charge < -0.3 is 10.4 Å². The van der Waals surface area contributed by atoms with E-state index in [0.717, 1.165) is 6.07 Å². The number of piperazine rings is 1. The lowest BCUT2D eigenvalue weighted by atomic mass is 9.95. The summed E-state index contributed by atoms with van der Waals surface area (Å²) in [6.07, 6.45) is 0. The van der Waals surface area contributed by atoms with Crippen molar-refractivity contribution in [3.63, 3.8) is 0 Å². The minimum absolute atomic E-state index is 0. The van der Waals surface area contributed by atoms with Gasteiger partial charge in [0.05, 0.1) is 0 Å². The molecule has 1 atom stereocenters. The number of hydrogen-bond donors (Lipinski definition) is 2. The largest absolute Gasteiger partial charge is 0.390 e. The summed E-state index contributed by atoms with van der Waals surface area (Å²) in [5, 5.41) is 12.0. The summed E-state index contributed by atoms with van der Waals surface area (Å²) >= 11 is 0. The van der Waals surface area contributed by atoms with Gasteiger partial charge in [-0.3, -0.25) is 4.90 Å². The number of nitrogens with zero attached hydrogens (tertiary/aromatic N) is 1. The number of alkyl halides is 2. The maximum Gasteiger partial charge on any atom is 0.290 e. The summed E-state index contributed by atoms with van der Waals surface area (Å²) < 4.78 is 56.5. The standard InChI is InChI=1S/C14H18F4N2O.ClH/c1-9-2-3-10(15)11(12(9)16)13(14(17,18)8-21)20-6-4-19-5-7-20;/h2-3,13,19,21H,4-8H2,1H3;1H/t13-;/m1./s1. The highest BCUT2D eigenvalue weighted by atomic mass is 35.5. The van der Waals surface area contributed by atoms with Crippen LogP contribution >= 0.6 is 12.4 Å². The molecule has 22 heavy (non-hydrogen) atoms. The molecule has 1 aromatic rings. The molecule has 1 heterocycles. The highest BCUT2D eigenvalue weighted by molar-refractivity contribution is 5.85. The van der Waals surface area contributed by atoms with Crippen LogP contribution in [0.3, 0.4) is 0 Å². The van der Waals surface area contributed by atoms with Gasteiger partial charge in [-0.05, 0) is 18.6 Å². The van der Waals surface area contributed by atoms with Crippen LogP contribution in [0.2, 0.25) is 0 Å². The first kappa shape index (κ1) is 19.2. The normalized spacial score (nSPS) is 17.9. The Labute approximate surface area is 132 Å². The van der Waals surface area contributed by atoms with Crippen LogP contribution in [0.1, 0.15) is 17.2 Å². The molecule has 1 aromatic carbocycles. The van der Waals surface area contributed by atoms with Crippen molar-refractivity contribution in [1.29, 1.82) is 0 Å². The molecule has 0 bridgehead atoms. The van der Waals surface area contributed by atoms with E-state index in [1.165, 1.54) is 17.9 Å². The predicted molar refractivity (Wildman–Crippen MR) is 77.6 cm³/mol. The van der Waals surface area contributed by atoms with Crippen molar-refractivity contribution in [1.82, 2.24) is 10.2 Å². The zero-order chi connectivity index (χ0) is 15.6. The zero-order valence-electron chi connectivity index (χ0n) is 12.1. The molecule has 0 amide bonds. The van der Waals surface area contributed by atoms with E-state index in [1.54, 1.807) is 0 Å². The summed E-state index contributed by atoms with van der Waals surface area (Å²) in [6, 6.07) is 0.376. The quantitative estimate of drug-likeness (QED) is 0.824. The molecule has 8 heteroatoms. The molecule has 0 aliphatic carbocycles. The van der Waals surface area contributed by atoms with Gasteiger partial charge in [0, 0.05) is 31.7 Å². The van der Waals surface area contributed by atoms with E-state index in [1.807, 2.05) is 0 Å². The topological polar surface area (TPSA) is 35.5 Å². The first-order valence-electron chi connectivity index (χ1n) is 6.76. The molecule has 3 nitrogen and oxygen atoms in total. The smallest absolute Gasteiger partial charge is 0.290 e. The molecule has 1 fully saturated rings. The van der Waals surface area contributed by atoms with Gasteiger partial charge >= 0.3 is 0 Å². The van der Waals surface area contributed by atoms with E-state index in [2.05, 4.69) is 5.32 Å². The lowest BCUT2D eigenvalue weighted by Gasteiger charge is -2.39. The van der Waals surface area contributed by atoms with Crippen LogP contribution in [0.4, 0.5) is 17.6 Å². The second kappa shape index (κ2) is 7.59. The highest BCUT2D eigenvalue weighted by Gasteiger charge is 2.46. The van der Waals surface area contributed by atoms with Crippen LogP contribution in [0.15, 0.2) is 12.1 Å². The maximum absolute atomic E-state index is 14.2. The van der Waals surface area contributed by atoms with E-state index in [-0.39, 0.29) is 31.1 Å². The number of aliphatic hydroxyl groups excluding tert-OH is 1. The van der Waals surface area contributed by atoms with Gasteiger partial charge in [0.1, 0.15) is 24.3 Å². The number of nitrogens with one attached hydrogen (secondary N) is 1. The van der Waals surface area contributed by atoms with E-state index in [0.29, 0.717) is 13.1 Å². The SMILES string of the molecule is Cc1ccc(F)c([C@@H](N2CCNCC2)C(F)(F)CO)c1F.Cl. The molecule has 126 valence electrons. The molecular formula is C14H19ClF4N2O. The van der Waals surface area contributed by atoms with Crippen molar-refractivity contribution >= 4 is 12.4 Å². The monoisotopic (exact) mass is 342 g/mol. The fourth-order valence-corrected chi connectivity index (χ4v) is 2.62. The van der Waals surface area contributed by atoms with Gasteiger partial charge in [-0.1, -0.05) is 6.07 Å².